The van der Waals surface area contributed by atoms with E-state index in [1.807, 2.05) is 25.1 Å². The fraction of sp³-hybridized carbons (Fsp3) is 0.200. The Labute approximate surface area is 103 Å². The SMILES string of the molecule is Cc1nc(Sc2ccc(Cl)cc2CN)n[nH]1. The quantitative estimate of drug-likeness (QED) is 0.883. The monoisotopic (exact) mass is 254 g/mol. The molecule has 16 heavy (non-hydrogen) atoms. The molecule has 0 unspecified atom stereocenters. The molecule has 1 aromatic carbocycles. The Bertz CT molecular complexity index is 497. The summed E-state index contributed by atoms with van der Waals surface area (Å²) in [5.41, 5.74) is 6.66. The molecular formula is C10H11ClN4S. The summed E-state index contributed by atoms with van der Waals surface area (Å²) in [4.78, 5) is 5.26. The first kappa shape index (κ1) is 11.4. The van der Waals surface area contributed by atoms with Crippen molar-refractivity contribution in [2.75, 3.05) is 0 Å². The fourth-order valence-electron chi connectivity index (χ4n) is 1.27. The molecule has 1 aromatic heterocycles. The van der Waals surface area contributed by atoms with E-state index in [0.29, 0.717) is 16.7 Å². The Morgan fingerprint density at radius 2 is 2.31 bits per heavy atom. The molecule has 0 spiro atoms. The second-order valence-corrected chi connectivity index (χ2v) is 4.71. The van der Waals surface area contributed by atoms with Crippen molar-refractivity contribution in [1.82, 2.24) is 15.2 Å². The predicted molar refractivity (Wildman–Crippen MR) is 64.6 cm³/mol. The Morgan fingerprint density at radius 3 is 2.94 bits per heavy atom. The van der Waals surface area contributed by atoms with Crippen LogP contribution in [0.15, 0.2) is 28.3 Å². The van der Waals surface area contributed by atoms with Crippen molar-refractivity contribution in [3.05, 3.63) is 34.6 Å². The summed E-state index contributed by atoms with van der Waals surface area (Å²) in [7, 11) is 0. The van der Waals surface area contributed by atoms with E-state index in [0.717, 1.165) is 16.3 Å². The normalized spacial score (nSPS) is 10.7. The summed E-state index contributed by atoms with van der Waals surface area (Å²) in [5, 5.41) is 8.24. The molecule has 0 bridgehead atoms. The van der Waals surface area contributed by atoms with Crippen LogP contribution in [0.4, 0.5) is 0 Å². The molecule has 4 nitrogen and oxygen atoms in total. The van der Waals surface area contributed by atoms with Crippen molar-refractivity contribution in [3.8, 4) is 0 Å². The first-order valence-corrected chi connectivity index (χ1v) is 5.94. The number of rotatable bonds is 3. The number of nitrogens with one attached hydrogen (secondary N) is 1. The number of halogens is 1. The van der Waals surface area contributed by atoms with Gasteiger partial charge in [-0.05, 0) is 42.4 Å². The highest BCUT2D eigenvalue weighted by molar-refractivity contribution is 7.99. The van der Waals surface area contributed by atoms with Gasteiger partial charge in [0, 0.05) is 16.5 Å². The highest BCUT2D eigenvalue weighted by Crippen LogP contribution is 2.29. The number of hydrogen-bond acceptors (Lipinski definition) is 4. The second kappa shape index (κ2) is 4.86. The molecule has 0 saturated carbocycles. The van der Waals surface area contributed by atoms with E-state index >= 15 is 0 Å². The van der Waals surface area contributed by atoms with Gasteiger partial charge in [-0.2, -0.15) is 0 Å². The van der Waals surface area contributed by atoms with Crippen molar-refractivity contribution in [2.45, 2.75) is 23.5 Å². The number of aryl methyl sites for hydroxylation is 1. The van der Waals surface area contributed by atoms with Crippen LogP contribution >= 0.6 is 23.4 Å². The molecular weight excluding hydrogens is 244 g/mol. The van der Waals surface area contributed by atoms with Crippen LogP contribution in [0.2, 0.25) is 5.02 Å². The predicted octanol–water partition coefficient (Wildman–Crippen LogP) is 2.38. The molecule has 2 rings (SSSR count). The van der Waals surface area contributed by atoms with Crippen molar-refractivity contribution in [1.29, 1.82) is 0 Å². The molecule has 84 valence electrons. The highest BCUT2D eigenvalue weighted by Gasteiger charge is 2.07. The second-order valence-electron chi connectivity index (χ2n) is 3.26. The molecule has 0 aliphatic heterocycles. The van der Waals surface area contributed by atoms with Crippen molar-refractivity contribution >= 4 is 23.4 Å². The third kappa shape index (κ3) is 2.55. The number of H-pyrrole nitrogens is 1. The van der Waals surface area contributed by atoms with Gasteiger partial charge in [0.2, 0.25) is 5.16 Å². The zero-order valence-corrected chi connectivity index (χ0v) is 10.3. The van der Waals surface area contributed by atoms with Crippen LogP contribution in [0, 0.1) is 6.92 Å². The van der Waals surface area contributed by atoms with Gasteiger partial charge < -0.3 is 5.73 Å². The molecule has 0 aliphatic carbocycles. The number of nitrogens with two attached hydrogens (primary N) is 1. The summed E-state index contributed by atoms with van der Waals surface area (Å²) >= 11 is 7.38. The maximum atomic E-state index is 5.90. The van der Waals surface area contributed by atoms with E-state index in [-0.39, 0.29) is 0 Å². The molecule has 3 N–H and O–H groups in total. The number of nitrogens with zero attached hydrogens (tertiary/aromatic N) is 2. The summed E-state index contributed by atoms with van der Waals surface area (Å²) < 4.78 is 0. The summed E-state index contributed by atoms with van der Waals surface area (Å²) in [6, 6.07) is 5.63. The van der Waals surface area contributed by atoms with Gasteiger partial charge in [-0.15, -0.1) is 5.10 Å². The first-order chi connectivity index (χ1) is 7.69. The van der Waals surface area contributed by atoms with Gasteiger partial charge >= 0.3 is 0 Å². The molecule has 0 radical (unpaired) electrons. The number of benzene rings is 1. The molecule has 0 fully saturated rings. The van der Waals surface area contributed by atoms with Crippen LogP contribution in [-0.2, 0) is 6.54 Å². The Kier molecular flexibility index (Phi) is 3.48. The van der Waals surface area contributed by atoms with Gasteiger partial charge in [-0.25, -0.2) is 4.98 Å². The average Bonchev–Trinajstić information content (AvgIpc) is 2.67. The Hall–Kier alpha value is -1.04. The van der Waals surface area contributed by atoms with Gasteiger partial charge in [0.25, 0.3) is 0 Å². The van der Waals surface area contributed by atoms with Crippen molar-refractivity contribution < 1.29 is 0 Å². The standard InChI is InChI=1S/C10H11ClN4S/c1-6-13-10(15-14-6)16-9-3-2-8(11)4-7(9)5-12/h2-4H,5,12H2,1H3,(H,13,14,15). The van der Waals surface area contributed by atoms with Gasteiger partial charge in [-0.3, -0.25) is 5.10 Å². The summed E-state index contributed by atoms with van der Waals surface area (Å²) in [6.07, 6.45) is 0. The van der Waals surface area contributed by atoms with E-state index in [1.54, 1.807) is 0 Å². The maximum absolute atomic E-state index is 5.90. The van der Waals surface area contributed by atoms with Crippen LogP contribution in [0.25, 0.3) is 0 Å². The number of aromatic nitrogens is 3. The van der Waals surface area contributed by atoms with Gasteiger partial charge in [-0.1, -0.05) is 11.6 Å². The number of hydrogen-bond donors (Lipinski definition) is 2. The molecule has 0 amide bonds. The summed E-state index contributed by atoms with van der Waals surface area (Å²) in [5.74, 6) is 0.797. The van der Waals surface area contributed by atoms with Crippen molar-refractivity contribution in [3.63, 3.8) is 0 Å². The van der Waals surface area contributed by atoms with E-state index in [1.165, 1.54) is 11.8 Å². The first-order valence-electron chi connectivity index (χ1n) is 4.74. The van der Waals surface area contributed by atoms with E-state index in [4.69, 9.17) is 17.3 Å². The average molecular weight is 255 g/mol. The smallest absolute Gasteiger partial charge is 0.213 e. The highest BCUT2D eigenvalue weighted by atomic mass is 35.5. The lowest BCUT2D eigenvalue weighted by atomic mass is 10.2. The lowest BCUT2D eigenvalue weighted by Gasteiger charge is -2.05. The van der Waals surface area contributed by atoms with Crippen LogP contribution in [0.5, 0.6) is 0 Å². The third-order valence-corrected chi connectivity index (χ3v) is 3.24. The van der Waals surface area contributed by atoms with Crippen LogP contribution in [-0.4, -0.2) is 15.2 Å². The van der Waals surface area contributed by atoms with Crippen LogP contribution < -0.4 is 5.73 Å². The van der Waals surface area contributed by atoms with E-state index in [9.17, 15) is 0 Å². The van der Waals surface area contributed by atoms with E-state index in [2.05, 4.69) is 15.2 Å². The van der Waals surface area contributed by atoms with Gasteiger partial charge in [0.15, 0.2) is 0 Å². The fourth-order valence-corrected chi connectivity index (χ4v) is 2.35. The van der Waals surface area contributed by atoms with Crippen LogP contribution in [0.1, 0.15) is 11.4 Å². The van der Waals surface area contributed by atoms with E-state index < -0.39 is 0 Å². The molecule has 1 heterocycles. The molecule has 6 heteroatoms. The van der Waals surface area contributed by atoms with Gasteiger partial charge in [0.1, 0.15) is 5.82 Å². The largest absolute Gasteiger partial charge is 0.326 e. The zero-order valence-electron chi connectivity index (χ0n) is 8.70. The van der Waals surface area contributed by atoms with Gasteiger partial charge in [0.05, 0.1) is 0 Å². The molecule has 0 saturated heterocycles. The number of aromatic amines is 1. The topological polar surface area (TPSA) is 67.6 Å². The third-order valence-electron chi connectivity index (χ3n) is 2.02. The molecule has 0 atom stereocenters. The Balaban J connectivity index is 2.27. The lowest BCUT2D eigenvalue weighted by molar-refractivity contribution is 0.964. The minimum absolute atomic E-state index is 0.451. The minimum atomic E-state index is 0.451. The maximum Gasteiger partial charge on any atom is 0.213 e. The zero-order chi connectivity index (χ0) is 11.5. The van der Waals surface area contributed by atoms with Crippen LogP contribution in [0.3, 0.4) is 0 Å². The minimum Gasteiger partial charge on any atom is -0.326 e. The Morgan fingerprint density at radius 1 is 1.50 bits per heavy atom. The molecule has 0 aliphatic rings. The lowest BCUT2D eigenvalue weighted by Crippen LogP contribution is -1.98. The molecule has 2 aromatic rings. The van der Waals surface area contributed by atoms with Crippen molar-refractivity contribution in [2.24, 2.45) is 5.73 Å². The summed E-state index contributed by atoms with van der Waals surface area (Å²) in [6.45, 7) is 2.31.